The third kappa shape index (κ3) is 10.9. The molecule has 2 unspecified atom stereocenters. The molecule has 2 atom stereocenters. The molecule has 0 radical (unpaired) electrons. The Kier molecular flexibility index (Phi) is 15.5. The third-order valence-electron chi connectivity index (χ3n) is 9.14. The number of nitrogens with zero attached hydrogens (tertiary/aromatic N) is 4. The summed E-state index contributed by atoms with van der Waals surface area (Å²) in [6.07, 6.45) is -1.98. The van der Waals surface area contributed by atoms with Gasteiger partial charge in [-0.15, -0.1) is 0 Å². The van der Waals surface area contributed by atoms with Gasteiger partial charge in [-0.2, -0.15) is 13.2 Å². The molecule has 332 valence electrons. The lowest BCUT2D eigenvalue weighted by Crippen LogP contribution is -2.25. The maximum absolute atomic E-state index is 12.8. The van der Waals surface area contributed by atoms with Crippen LogP contribution in [0.25, 0.3) is 33.4 Å². The molecular formula is C38H41Br2F3N4O12S2. The van der Waals surface area contributed by atoms with E-state index in [0.29, 0.717) is 89.3 Å². The smallest absolute Gasteiger partial charge is 0.446 e. The van der Waals surface area contributed by atoms with E-state index in [-0.39, 0.29) is 23.9 Å². The highest BCUT2D eigenvalue weighted by molar-refractivity contribution is 9.11. The van der Waals surface area contributed by atoms with Gasteiger partial charge in [0.2, 0.25) is 32.6 Å². The second-order valence-corrected chi connectivity index (χ2v) is 19.2. The van der Waals surface area contributed by atoms with Crippen molar-refractivity contribution in [3.05, 3.63) is 61.9 Å². The number of oxime groups is 1. The summed E-state index contributed by atoms with van der Waals surface area (Å²) in [5.74, 6) is 0.208. The molecule has 3 aromatic heterocycles. The van der Waals surface area contributed by atoms with Gasteiger partial charge in [0.25, 0.3) is 0 Å². The molecule has 0 fully saturated rings. The van der Waals surface area contributed by atoms with E-state index in [1.54, 1.807) is 45.0 Å². The number of hydrogen-bond acceptors (Lipinski definition) is 14. The molecule has 1 aliphatic heterocycles. The predicted octanol–water partition coefficient (Wildman–Crippen LogP) is 8.81. The number of carbonyl (C=O) groups excluding carboxylic acids is 3. The highest BCUT2D eigenvalue weighted by Gasteiger charge is 2.37. The van der Waals surface area contributed by atoms with Gasteiger partial charge in [0.1, 0.15) is 23.1 Å². The van der Waals surface area contributed by atoms with Crippen LogP contribution in [0.15, 0.2) is 58.0 Å². The summed E-state index contributed by atoms with van der Waals surface area (Å²) in [5, 5.41) is 9.22. The molecule has 0 bridgehead atoms. The number of alkyl halides is 3. The van der Waals surface area contributed by atoms with Crippen LogP contribution in [-0.4, -0.2) is 91.2 Å². The first-order valence-corrected chi connectivity index (χ1v) is 23.4. The molecule has 4 heterocycles. The van der Waals surface area contributed by atoms with E-state index in [1.807, 2.05) is 13.8 Å². The van der Waals surface area contributed by atoms with Crippen molar-refractivity contribution in [1.82, 2.24) is 5.16 Å². The van der Waals surface area contributed by atoms with Gasteiger partial charge < -0.3 is 22.9 Å². The van der Waals surface area contributed by atoms with Crippen molar-refractivity contribution in [2.45, 2.75) is 59.9 Å². The lowest BCUT2D eigenvalue weighted by molar-refractivity contribution is -0.156. The highest BCUT2D eigenvalue weighted by Crippen LogP contribution is 2.41. The topological polar surface area (TPSA) is 209 Å². The van der Waals surface area contributed by atoms with Crippen LogP contribution < -0.4 is 8.61 Å². The highest BCUT2D eigenvalue weighted by atomic mass is 79.9. The van der Waals surface area contributed by atoms with Crippen molar-refractivity contribution in [1.29, 1.82) is 0 Å². The Morgan fingerprint density at radius 3 is 1.67 bits per heavy atom. The number of sulfonamides is 2. The second-order valence-electron chi connectivity index (χ2n) is 13.4. The van der Waals surface area contributed by atoms with Crippen LogP contribution in [0.5, 0.6) is 0 Å². The molecule has 61 heavy (non-hydrogen) atoms. The number of aryl methyl sites for hydroxylation is 1. The quantitative estimate of drug-likeness (QED) is 0.0846. The summed E-state index contributed by atoms with van der Waals surface area (Å²) in [5.41, 5.74) is 4.10. The van der Waals surface area contributed by atoms with Crippen molar-refractivity contribution in [2.75, 3.05) is 41.8 Å². The molecule has 0 saturated heterocycles. The molecule has 16 nitrogen and oxygen atoms in total. The minimum Gasteiger partial charge on any atom is -0.454 e. The van der Waals surface area contributed by atoms with Gasteiger partial charge in [0.15, 0.2) is 28.8 Å². The number of Topliss-reactive ketones (excluding diaryl/α,β-unsaturated/α-hetero) is 2. The zero-order valence-corrected chi connectivity index (χ0v) is 38.9. The maximum atomic E-state index is 12.8. The Bertz CT molecular complexity index is 2730. The first-order valence-electron chi connectivity index (χ1n) is 18.1. The number of hydrogen-bond donors (Lipinski definition) is 0. The Morgan fingerprint density at radius 2 is 1.30 bits per heavy atom. The number of halogens is 5. The Morgan fingerprint density at radius 1 is 0.852 bits per heavy atom. The molecular weight excluding hydrogens is 985 g/mol. The van der Waals surface area contributed by atoms with Gasteiger partial charge in [-0.25, -0.2) is 16.8 Å². The van der Waals surface area contributed by atoms with E-state index < -0.39 is 38.8 Å². The first kappa shape index (κ1) is 49.1. The number of benzene rings is 2. The van der Waals surface area contributed by atoms with Gasteiger partial charge >= 0.3 is 6.18 Å². The van der Waals surface area contributed by atoms with Crippen LogP contribution in [-0.2, 0) is 34.4 Å². The molecule has 6 rings (SSSR count). The third-order valence-corrected chi connectivity index (χ3v) is 12.8. The van der Waals surface area contributed by atoms with Gasteiger partial charge in [-0.3, -0.25) is 23.0 Å². The normalized spacial score (nSPS) is 15.3. The monoisotopic (exact) mass is 1020 g/mol. The lowest BCUT2D eigenvalue weighted by atomic mass is 9.96. The largest absolute Gasteiger partial charge is 0.454 e. The molecule has 0 aliphatic carbocycles. The molecule has 5 aromatic rings. The Labute approximate surface area is 365 Å². The number of anilines is 2. The summed E-state index contributed by atoms with van der Waals surface area (Å²) in [7, 11) is -4.03. The van der Waals surface area contributed by atoms with Crippen LogP contribution in [0.1, 0.15) is 72.6 Å². The fourth-order valence-electron chi connectivity index (χ4n) is 5.81. The van der Waals surface area contributed by atoms with Gasteiger partial charge in [-0.05, 0) is 57.8 Å². The van der Waals surface area contributed by atoms with E-state index >= 15 is 0 Å². The number of aldehydes is 1. The van der Waals surface area contributed by atoms with Gasteiger partial charge in [0, 0.05) is 71.0 Å². The molecule has 2 aromatic carbocycles. The van der Waals surface area contributed by atoms with E-state index in [0.717, 1.165) is 26.7 Å². The van der Waals surface area contributed by atoms with Crippen molar-refractivity contribution in [2.24, 2.45) is 11.1 Å². The van der Waals surface area contributed by atoms with Crippen molar-refractivity contribution < 1.29 is 67.3 Å². The van der Waals surface area contributed by atoms with E-state index in [4.69, 9.17) is 27.7 Å². The number of furan rings is 2. The number of aromatic nitrogens is 1. The number of ketones is 2. The average molecular weight is 1030 g/mol. The minimum absolute atomic E-state index is 0.0998. The van der Waals surface area contributed by atoms with Crippen LogP contribution in [0.4, 0.5) is 24.5 Å². The molecule has 0 N–H and O–H groups in total. The molecule has 23 heteroatoms. The van der Waals surface area contributed by atoms with Crippen LogP contribution in [0.3, 0.4) is 0 Å². The van der Waals surface area contributed by atoms with Crippen molar-refractivity contribution in [3.8, 4) is 11.5 Å². The van der Waals surface area contributed by atoms with Crippen LogP contribution in [0, 0.1) is 12.8 Å². The fraction of sp³-hybridized carbons (Fsp3) is 0.395. The summed E-state index contributed by atoms with van der Waals surface area (Å²) in [6.45, 7) is 9.55. The number of ether oxygens (including phenoxy) is 1. The minimum atomic E-state index is -4.64. The summed E-state index contributed by atoms with van der Waals surface area (Å²) in [4.78, 5) is 39.4. The van der Waals surface area contributed by atoms with E-state index in [9.17, 15) is 39.6 Å². The standard InChI is InChI=1S/C19H23BrN2O6S.C17H17BrN2O5S.C2HF3O/c1-6-14(23)16-11-8-12(20)13(22(4)29(5,24)25)9-15(11)27-18(16)17-10(3)19(26-7-2)28-21-17;1-5-13(21)15-10-6-11(18)12(20(3)26(4,22)23)7-14(10)25-17(15)16-9(2)8-24-19-16;3-2(4,5)1-6/h8-10,19H,6-7H2,1-5H3;6-8H,5H2,1-4H3;1H. The lowest BCUT2D eigenvalue weighted by Gasteiger charge is -2.18. The van der Waals surface area contributed by atoms with Crippen LogP contribution >= 0.6 is 31.9 Å². The zero-order valence-electron chi connectivity index (χ0n) is 34.1. The summed E-state index contributed by atoms with van der Waals surface area (Å²) < 4.78 is 105. The second kappa shape index (κ2) is 19.2. The number of fused-ring (bicyclic) bond motifs is 2. The Balaban J connectivity index is 0.000000238. The fourth-order valence-corrected chi connectivity index (χ4v) is 8.28. The summed E-state index contributed by atoms with van der Waals surface area (Å²) >= 11 is 6.81. The van der Waals surface area contributed by atoms with Crippen molar-refractivity contribution in [3.63, 3.8) is 0 Å². The Hall–Kier alpha value is -4.58. The molecule has 0 amide bonds. The summed E-state index contributed by atoms with van der Waals surface area (Å²) in [6, 6.07) is 6.57. The molecule has 0 saturated carbocycles. The first-order chi connectivity index (χ1) is 28.3. The van der Waals surface area contributed by atoms with E-state index in [2.05, 4.69) is 42.2 Å². The zero-order chi connectivity index (χ0) is 45.9. The number of rotatable bonds is 12. The average Bonchev–Trinajstić information content (AvgIpc) is 3.96. The van der Waals surface area contributed by atoms with Gasteiger partial charge in [-0.1, -0.05) is 31.1 Å². The number of carbonyl (C=O) groups is 3. The molecule has 1 aliphatic rings. The predicted molar refractivity (Wildman–Crippen MR) is 228 cm³/mol. The van der Waals surface area contributed by atoms with Crippen LogP contribution in [0.2, 0.25) is 0 Å². The van der Waals surface area contributed by atoms with Gasteiger partial charge in [0.05, 0.1) is 40.9 Å². The molecule has 0 spiro atoms. The maximum Gasteiger partial charge on any atom is 0.446 e. The van der Waals surface area contributed by atoms with E-state index in [1.165, 1.54) is 20.4 Å². The van der Waals surface area contributed by atoms with Crippen molar-refractivity contribution >= 4 is 109 Å². The SMILES string of the molecule is CCC(=O)c1c(-c2nocc2C)oc2cc(N(C)S(C)(=O)=O)c(Br)cc12.CCOC1ON=C(c2oc3cc(N(C)S(C)(=O)=O)c(Br)cc3c2C(=O)CC)C1C.O=CC(F)(F)F.